The molecule has 0 saturated carbocycles. The Hall–Kier alpha value is -2.43. The summed E-state index contributed by atoms with van der Waals surface area (Å²) >= 11 is 0. The van der Waals surface area contributed by atoms with Crippen molar-refractivity contribution >= 4 is 0 Å². The fourth-order valence-corrected chi connectivity index (χ4v) is 5.85. The Morgan fingerprint density at radius 1 is 0.829 bits per heavy atom. The van der Waals surface area contributed by atoms with E-state index in [1.807, 2.05) is 12.1 Å². The molecule has 0 N–H and O–H groups in total. The van der Waals surface area contributed by atoms with Crippen LogP contribution in [-0.4, -0.2) is 42.6 Å². The first kappa shape index (κ1) is 24.3. The summed E-state index contributed by atoms with van der Waals surface area (Å²) in [6.45, 7) is 7.25. The summed E-state index contributed by atoms with van der Waals surface area (Å²) in [6.07, 6.45) is 11.9. The first-order valence-corrected chi connectivity index (χ1v) is 13.5. The number of rotatable bonds is 8. The van der Waals surface area contributed by atoms with Crippen LogP contribution < -0.4 is 0 Å². The van der Waals surface area contributed by atoms with Gasteiger partial charge >= 0.3 is 0 Å². The summed E-state index contributed by atoms with van der Waals surface area (Å²) in [5.74, 6) is 2.33. The number of fused-ring (bicyclic) bond motifs is 1. The van der Waals surface area contributed by atoms with Gasteiger partial charge in [-0.2, -0.15) is 0 Å². The number of ether oxygens (including phenoxy) is 1. The third-order valence-electron chi connectivity index (χ3n) is 7.96. The number of allylic oxidation sites excluding steroid dienone is 2. The minimum absolute atomic E-state index is 0.163. The highest BCUT2D eigenvalue weighted by Crippen LogP contribution is 2.32. The van der Waals surface area contributed by atoms with Gasteiger partial charge in [0.1, 0.15) is 11.6 Å². The largest absolute Gasteiger partial charge is 0.494 e. The number of hydrogen-bond donors (Lipinski definition) is 0. The van der Waals surface area contributed by atoms with Crippen LogP contribution in [0, 0.1) is 17.7 Å². The lowest BCUT2D eigenvalue weighted by Crippen LogP contribution is -2.33. The van der Waals surface area contributed by atoms with Gasteiger partial charge in [-0.1, -0.05) is 42.5 Å². The third-order valence-corrected chi connectivity index (χ3v) is 7.96. The van der Waals surface area contributed by atoms with Crippen LogP contribution in [0.4, 0.5) is 4.39 Å². The van der Waals surface area contributed by atoms with E-state index in [9.17, 15) is 4.39 Å². The van der Waals surface area contributed by atoms with Crippen molar-refractivity contribution in [3.8, 4) is 0 Å². The Kier molecular flexibility index (Phi) is 8.33. The topological polar surface area (TPSA) is 15.7 Å². The van der Waals surface area contributed by atoms with Crippen LogP contribution in [0.25, 0.3) is 0 Å². The second-order valence-corrected chi connectivity index (χ2v) is 10.6. The van der Waals surface area contributed by atoms with Crippen LogP contribution in [0.5, 0.6) is 0 Å². The van der Waals surface area contributed by atoms with E-state index >= 15 is 0 Å². The molecule has 0 bridgehead atoms. The van der Waals surface area contributed by atoms with E-state index in [4.69, 9.17) is 4.74 Å². The van der Waals surface area contributed by atoms with E-state index in [1.54, 1.807) is 12.1 Å². The molecule has 1 atom stereocenters. The summed E-state index contributed by atoms with van der Waals surface area (Å²) < 4.78 is 19.5. The second kappa shape index (κ2) is 12.0. The molecule has 5 rings (SSSR count). The first-order valence-electron chi connectivity index (χ1n) is 13.5. The highest BCUT2D eigenvalue weighted by atomic mass is 19.1. The quantitative estimate of drug-likeness (QED) is 0.430. The van der Waals surface area contributed by atoms with Crippen molar-refractivity contribution in [2.24, 2.45) is 11.8 Å². The molecule has 1 unspecified atom stereocenters. The molecule has 0 aromatic heterocycles. The molecule has 35 heavy (non-hydrogen) atoms. The molecule has 186 valence electrons. The van der Waals surface area contributed by atoms with Crippen molar-refractivity contribution in [2.45, 2.75) is 51.6 Å². The van der Waals surface area contributed by atoms with Gasteiger partial charge in [0.25, 0.3) is 0 Å². The molecule has 2 aliphatic heterocycles. The van der Waals surface area contributed by atoms with E-state index in [0.717, 1.165) is 57.3 Å². The maximum absolute atomic E-state index is 13.3. The number of halogens is 1. The van der Waals surface area contributed by atoms with E-state index in [2.05, 4.69) is 52.3 Å². The Bertz CT molecular complexity index is 992. The van der Waals surface area contributed by atoms with Crippen LogP contribution in [0.15, 0.2) is 78.1 Å². The van der Waals surface area contributed by atoms with Gasteiger partial charge in [-0.15, -0.1) is 0 Å². The highest BCUT2D eigenvalue weighted by Gasteiger charge is 2.25. The lowest BCUT2D eigenvalue weighted by atomic mass is 9.88. The maximum Gasteiger partial charge on any atom is 0.123 e. The molecule has 3 nitrogen and oxygen atoms in total. The summed E-state index contributed by atoms with van der Waals surface area (Å²) in [5, 5.41) is 0. The average Bonchev–Trinajstić information content (AvgIpc) is 3.08. The van der Waals surface area contributed by atoms with Gasteiger partial charge < -0.3 is 4.74 Å². The summed E-state index contributed by atoms with van der Waals surface area (Å²) in [7, 11) is 0. The monoisotopic (exact) mass is 474 g/mol. The van der Waals surface area contributed by atoms with Crippen molar-refractivity contribution in [3.05, 3.63) is 95.0 Å². The van der Waals surface area contributed by atoms with E-state index in [-0.39, 0.29) is 5.82 Å². The van der Waals surface area contributed by atoms with Crippen molar-refractivity contribution in [3.63, 3.8) is 0 Å². The zero-order valence-electron chi connectivity index (χ0n) is 20.9. The zero-order chi connectivity index (χ0) is 23.9. The molecule has 3 aliphatic rings. The summed E-state index contributed by atoms with van der Waals surface area (Å²) in [4.78, 5) is 5.09. The van der Waals surface area contributed by atoms with Gasteiger partial charge in [-0.25, -0.2) is 4.39 Å². The molecule has 0 radical (unpaired) electrons. The van der Waals surface area contributed by atoms with E-state index < -0.39 is 0 Å². The Morgan fingerprint density at radius 2 is 1.57 bits per heavy atom. The summed E-state index contributed by atoms with van der Waals surface area (Å²) in [6, 6.07) is 17.8. The van der Waals surface area contributed by atoms with Gasteiger partial charge in [0, 0.05) is 19.6 Å². The van der Waals surface area contributed by atoms with Crippen molar-refractivity contribution < 1.29 is 9.13 Å². The smallest absolute Gasteiger partial charge is 0.123 e. The zero-order valence-corrected chi connectivity index (χ0v) is 20.9. The lowest BCUT2D eigenvalue weighted by molar-refractivity contribution is 0.140. The molecule has 0 spiro atoms. The van der Waals surface area contributed by atoms with Crippen LogP contribution in [0.1, 0.15) is 49.7 Å². The van der Waals surface area contributed by atoms with Gasteiger partial charge in [-0.3, -0.25) is 9.80 Å². The molecule has 2 aromatic rings. The normalized spacial score (nSPS) is 22.1. The van der Waals surface area contributed by atoms with Crippen LogP contribution in [0.2, 0.25) is 0 Å². The van der Waals surface area contributed by atoms with Crippen LogP contribution >= 0.6 is 0 Å². The molecular weight excluding hydrogens is 435 g/mol. The maximum atomic E-state index is 13.3. The lowest BCUT2D eigenvalue weighted by Gasteiger charge is -2.32. The fraction of sp³-hybridized carbons (Fsp3) is 0.484. The Balaban J connectivity index is 1.06. The molecule has 2 heterocycles. The minimum atomic E-state index is -0.163. The molecule has 2 fully saturated rings. The Morgan fingerprint density at radius 3 is 2.37 bits per heavy atom. The standard InChI is InChI=1S/C31H39FN2O/c32-30-11-8-27(9-12-30)23-34-17-4-7-28-10-13-31(21-29(28)24-34)35-20-16-25-14-18-33(19-15-25)22-26-5-2-1-3-6-26/h1-3,5-6,8-9,11-13,21,25,28H,4,7,10,14-20,22-24H2. The predicted octanol–water partition coefficient (Wildman–Crippen LogP) is 6.57. The third kappa shape index (κ3) is 7.05. The van der Waals surface area contributed by atoms with Crippen molar-refractivity contribution in [1.82, 2.24) is 9.80 Å². The van der Waals surface area contributed by atoms with Crippen molar-refractivity contribution in [2.75, 3.05) is 32.8 Å². The predicted molar refractivity (Wildman–Crippen MR) is 140 cm³/mol. The van der Waals surface area contributed by atoms with Crippen molar-refractivity contribution in [1.29, 1.82) is 0 Å². The highest BCUT2D eigenvalue weighted by molar-refractivity contribution is 5.28. The summed E-state index contributed by atoms with van der Waals surface area (Å²) in [5.41, 5.74) is 4.11. The molecule has 1 aliphatic carbocycles. The number of piperidine rings is 1. The van der Waals surface area contributed by atoms with Crippen LogP contribution in [0.3, 0.4) is 0 Å². The van der Waals surface area contributed by atoms with Gasteiger partial charge in [0.15, 0.2) is 0 Å². The fourth-order valence-electron chi connectivity index (χ4n) is 5.85. The van der Waals surface area contributed by atoms with Gasteiger partial charge in [0.05, 0.1) is 6.61 Å². The van der Waals surface area contributed by atoms with Crippen LogP contribution in [-0.2, 0) is 17.8 Å². The molecule has 2 aromatic carbocycles. The number of nitrogens with zero attached hydrogens (tertiary/aromatic N) is 2. The average molecular weight is 475 g/mol. The molecule has 4 heteroatoms. The first-order chi connectivity index (χ1) is 17.2. The second-order valence-electron chi connectivity index (χ2n) is 10.6. The van der Waals surface area contributed by atoms with E-state index in [1.165, 1.54) is 55.5 Å². The van der Waals surface area contributed by atoms with Gasteiger partial charge in [0.2, 0.25) is 0 Å². The van der Waals surface area contributed by atoms with Gasteiger partial charge in [-0.05, 0) is 111 Å². The number of benzene rings is 2. The molecule has 2 saturated heterocycles. The molecule has 0 amide bonds. The van der Waals surface area contributed by atoms with E-state index in [0.29, 0.717) is 5.92 Å². The number of likely N-dealkylation sites (tertiary alicyclic amines) is 2. The SMILES string of the molecule is Fc1ccc(CN2CCCC3CC=C(OCCC4CCN(Cc5ccccc5)CC4)C=C3C2)cc1. The molecular formula is C31H39FN2O. The number of hydrogen-bond acceptors (Lipinski definition) is 3. The minimum Gasteiger partial charge on any atom is -0.494 e. The Labute approximate surface area is 210 Å².